The lowest BCUT2D eigenvalue weighted by Gasteiger charge is -2.06. The summed E-state index contributed by atoms with van der Waals surface area (Å²) in [5.74, 6) is 0.770. The van der Waals surface area contributed by atoms with Crippen LogP contribution in [0.1, 0.15) is 24.0 Å². The van der Waals surface area contributed by atoms with Gasteiger partial charge in [-0.05, 0) is 33.8 Å². The number of aryl methyl sites for hydroxylation is 1. The molecule has 25 heavy (non-hydrogen) atoms. The molecule has 0 aliphatic heterocycles. The van der Waals surface area contributed by atoms with Gasteiger partial charge in [-0.25, -0.2) is 4.98 Å². The molecule has 3 aromatic rings. The van der Waals surface area contributed by atoms with Gasteiger partial charge in [0.1, 0.15) is 16.4 Å². The first-order chi connectivity index (χ1) is 12.0. The molecule has 8 heteroatoms. The van der Waals surface area contributed by atoms with Gasteiger partial charge in [0.2, 0.25) is 5.91 Å². The third-order valence-corrected chi connectivity index (χ3v) is 5.50. The highest BCUT2D eigenvalue weighted by atomic mass is 79.9. The van der Waals surface area contributed by atoms with Gasteiger partial charge >= 0.3 is 0 Å². The van der Waals surface area contributed by atoms with Gasteiger partial charge in [0.15, 0.2) is 5.58 Å². The molecule has 3 rings (SSSR count). The summed E-state index contributed by atoms with van der Waals surface area (Å²) in [6.45, 7) is 2.81. The van der Waals surface area contributed by atoms with Crippen molar-refractivity contribution < 1.29 is 9.21 Å². The van der Waals surface area contributed by atoms with E-state index >= 15 is 0 Å². The Hall–Kier alpha value is -1.57. The van der Waals surface area contributed by atoms with E-state index in [2.05, 4.69) is 37.6 Å². The van der Waals surface area contributed by atoms with Crippen molar-refractivity contribution in [1.82, 2.24) is 10.3 Å². The van der Waals surface area contributed by atoms with Gasteiger partial charge < -0.3 is 15.1 Å². The average Bonchev–Trinajstić information content (AvgIpc) is 3.19. The van der Waals surface area contributed by atoms with Gasteiger partial charge in [-0.15, -0.1) is 11.3 Å². The Morgan fingerprint density at radius 1 is 1.48 bits per heavy atom. The Bertz CT molecular complexity index is 880. The Labute approximate surface area is 162 Å². The number of pyridine rings is 1. The molecule has 0 fully saturated rings. The summed E-state index contributed by atoms with van der Waals surface area (Å²) in [5, 5.41) is 8.60. The molecule has 0 atom stereocenters. The van der Waals surface area contributed by atoms with E-state index in [1.54, 1.807) is 17.4 Å². The summed E-state index contributed by atoms with van der Waals surface area (Å²) in [4.78, 5) is 16.5. The Morgan fingerprint density at radius 3 is 3.04 bits per heavy atom. The molecular formula is C17H17BrClN3O2S. The molecule has 132 valence electrons. The molecule has 3 heterocycles. The highest BCUT2D eigenvalue weighted by molar-refractivity contribution is 9.10. The van der Waals surface area contributed by atoms with Gasteiger partial charge in [-0.3, -0.25) is 4.79 Å². The van der Waals surface area contributed by atoms with Crippen molar-refractivity contribution in [2.24, 2.45) is 0 Å². The molecule has 3 aromatic heterocycles. The van der Waals surface area contributed by atoms with Crippen LogP contribution in [0.4, 0.5) is 5.69 Å². The quantitative estimate of drug-likeness (QED) is 0.400. The molecule has 1 amide bonds. The maximum atomic E-state index is 10.9. The Morgan fingerprint density at radius 2 is 2.32 bits per heavy atom. The van der Waals surface area contributed by atoms with Crippen LogP contribution in [0.3, 0.4) is 0 Å². The van der Waals surface area contributed by atoms with Gasteiger partial charge in [0.25, 0.3) is 0 Å². The highest BCUT2D eigenvalue weighted by Crippen LogP contribution is 2.36. The number of fused-ring (bicyclic) bond motifs is 1. The third-order valence-electron chi connectivity index (χ3n) is 3.61. The number of aromatic nitrogens is 1. The van der Waals surface area contributed by atoms with Gasteiger partial charge in [-0.1, -0.05) is 17.7 Å². The van der Waals surface area contributed by atoms with Gasteiger partial charge in [0, 0.05) is 37.4 Å². The molecule has 5 nitrogen and oxygen atoms in total. The number of hydrogen-bond acceptors (Lipinski definition) is 5. The van der Waals surface area contributed by atoms with Crippen LogP contribution in [0.2, 0.25) is 5.15 Å². The first kappa shape index (κ1) is 18.2. The number of amides is 1. The molecule has 0 bridgehead atoms. The minimum Gasteiger partial charge on any atom is -0.456 e. The largest absolute Gasteiger partial charge is 0.456 e. The minimum absolute atomic E-state index is 0.0304. The lowest BCUT2D eigenvalue weighted by molar-refractivity contribution is -0.118. The van der Waals surface area contributed by atoms with E-state index in [1.165, 1.54) is 11.8 Å². The van der Waals surface area contributed by atoms with Crippen molar-refractivity contribution in [3.63, 3.8) is 0 Å². The second-order valence-corrected chi connectivity index (χ2v) is 7.74. The number of hydrogen-bond donors (Lipinski definition) is 2. The fraction of sp³-hybridized carbons (Fsp3) is 0.294. The van der Waals surface area contributed by atoms with E-state index in [0.29, 0.717) is 35.8 Å². The predicted octanol–water partition coefficient (Wildman–Crippen LogP) is 4.99. The number of anilines is 1. The zero-order valence-corrected chi connectivity index (χ0v) is 16.7. The highest BCUT2D eigenvalue weighted by Gasteiger charge is 2.17. The predicted molar refractivity (Wildman–Crippen MR) is 105 cm³/mol. The summed E-state index contributed by atoms with van der Waals surface area (Å²) < 4.78 is 6.83. The van der Waals surface area contributed by atoms with Crippen LogP contribution < -0.4 is 10.6 Å². The van der Waals surface area contributed by atoms with E-state index < -0.39 is 0 Å². The van der Waals surface area contributed by atoms with E-state index in [9.17, 15) is 4.79 Å². The zero-order valence-electron chi connectivity index (χ0n) is 13.6. The fourth-order valence-electron chi connectivity index (χ4n) is 2.46. The average molecular weight is 443 g/mol. The second-order valence-electron chi connectivity index (χ2n) is 5.53. The van der Waals surface area contributed by atoms with Crippen molar-refractivity contribution in [2.45, 2.75) is 26.3 Å². The maximum Gasteiger partial charge on any atom is 0.216 e. The van der Waals surface area contributed by atoms with E-state index in [1.807, 2.05) is 11.4 Å². The first-order valence-corrected chi connectivity index (χ1v) is 9.87. The molecule has 0 saturated carbocycles. The van der Waals surface area contributed by atoms with Crippen LogP contribution in [0, 0.1) is 0 Å². The van der Waals surface area contributed by atoms with Gasteiger partial charge in [0.05, 0.1) is 10.2 Å². The fourth-order valence-corrected chi connectivity index (χ4v) is 3.84. The Kier molecular flexibility index (Phi) is 5.98. The van der Waals surface area contributed by atoms with E-state index in [4.69, 9.17) is 16.0 Å². The maximum absolute atomic E-state index is 10.9. The van der Waals surface area contributed by atoms with Crippen LogP contribution in [0.5, 0.6) is 0 Å². The zero-order chi connectivity index (χ0) is 17.8. The normalized spacial score (nSPS) is 11.0. The standard InChI is InChI=1S/C17H17BrClN3O2S/c1-10(23)20-6-2-5-13-15(18)16-17(24-13)12(8-14(19)22-16)21-9-11-4-3-7-25-11/h3-4,7-8H,2,5-6,9H2,1H3,(H,20,23)(H,21,22). The number of nitrogens with zero attached hydrogens (tertiary/aromatic N) is 1. The molecular weight excluding hydrogens is 426 g/mol. The van der Waals surface area contributed by atoms with Crippen molar-refractivity contribution in [1.29, 1.82) is 0 Å². The molecule has 0 radical (unpaired) electrons. The van der Waals surface area contributed by atoms with Crippen molar-refractivity contribution in [2.75, 3.05) is 11.9 Å². The molecule has 0 unspecified atom stereocenters. The van der Waals surface area contributed by atoms with Crippen molar-refractivity contribution >= 4 is 61.6 Å². The molecule has 0 spiro atoms. The van der Waals surface area contributed by atoms with Crippen LogP contribution >= 0.6 is 38.9 Å². The first-order valence-electron chi connectivity index (χ1n) is 7.82. The summed E-state index contributed by atoms with van der Waals surface area (Å²) in [6.07, 6.45) is 1.48. The third kappa shape index (κ3) is 4.54. The summed E-state index contributed by atoms with van der Waals surface area (Å²) >= 11 is 11.4. The molecule has 0 aliphatic rings. The lowest BCUT2D eigenvalue weighted by Crippen LogP contribution is -2.21. The SMILES string of the molecule is CC(=O)NCCCc1oc2c(NCc3cccs3)cc(Cl)nc2c1Br. The number of halogens is 2. The number of thiophene rings is 1. The van der Waals surface area contributed by atoms with E-state index in [0.717, 1.165) is 22.3 Å². The smallest absolute Gasteiger partial charge is 0.216 e. The van der Waals surface area contributed by atoms with Crippen LogP contribution in [0.25, 0.3) is 11.1 Å². The monoisotopic (exact) mass is 441 g/mol. The minimum atomic E-state index is -0.0304. The topological polar surface area (TPSA) is 67.2 Å². The summed E-state index contributed by atoms with van der Waals surface area (Å²) in [6, 6.07) is 5.87. The summed E-state index contributed by atoms with van der Waals surface area (Å²) in [5.41, 5.74) is 2.20. The van der Waals surface area contributed by atoms with Crippen molar-refractivity contribution in [3.05, 3.63) is 43.8 Å². The second kappa shape index (κ2) is 8.21. The Balaban J connectivity index is 1.80. The number of carbonyl (C=O) groups excluding carboxylic acids is 1. The van der Waals surface area contributed by atoms with Gasteiger partial charge in [-0.2, -0.15) is 0 Å². The molecule has 0 saturated heterocycles. The van der Waals surface area contributed by atoms with Crippen molar-refractivity contribution in [3.8, 4) is 0 Å². The number of rotatable bonds is 7. The van der Waals surface area contributed by atoms with Crippen LogP contribution in [-0.4, -0.2) is 17.4 Å². The molecule has 0 aliphatic carbocycles. The number of nitrogens with one attached hydrogen (secondary N) is 2. The number of furan rings is 1. The number of carbonyl (C=O) groups is 1. The molecule has 2 N–H and O–H groups in total. The van der Waals surface area contributed by atoms with E-state index in [-0.39, 0.29) is 5.91 Å². The van der Waals surface area contributed by atoms with Crippen LogP contribution in [-0.2, 0) is 17.8 Å². The molecule has 0 aromatic carbocycles. The van der Waals surface area contributed by atoms with Crippen LogP contribution in [0.15, 0.2) is 32.5 Å². The lowest BCUT2D eigenvalue weighted by atomic mass is 10.2. The summed E-state index contributed by atoms with van der Waals surface area (Å²) in [7, 11) is 0.